The number of nitrogens with one attached hydrogen (secondary N) is 1. The van der Waals surface area contributed by atoms with Crippen molar-refractivity contribution in [3.05, 3.63) is 58.9 Å². The lowest BCUT2D eigenvalue weighted by molar-refractivity contribution is 0.692. The highest BCUT2D eigenvalue weighted by atomic mass is 15.3. The number of rotatable bonds is 4. The highest BCUT2D eigenvalue weighted by Crippen LogP contribution is 2.16. The van der Waals surface area contributed by atoms with Crippen LogP contribution in [0, 0.1) is 13.8 Å². The van der Waals surface area contributed by atoms with Crippen molar-refractivity contribution < 1.29 is 0 Å². The van der Waals surface area contributed by atoms with Gasteiger partial charge >= 0.3 is 0 Å². The number of nitrogens with zero attached hydrogens (tertiary/aromatic N) is 3. The summed E-state index contributed by atoms with van der Waals surface area (Å²) in [5.41, 5.74) is 5.74. The Hall–Kier alpha value is -2.20. The van der Waals surface area contributed by atoms with Crippen LogP contribution >= 0.6 is 0 Å². The molecule has 3 aromatic rings. The number of hydrogen-bond donors (Lipinski definition) is 1. The minimum Gasteiger partial charge on any atom is -0.309 e. The van der Waals surface area contributed by atoms with Gasteiger partial charge in [-0.25, -0.2) is 4.98 Å². The molecule has 4 heteroatoms. The summed E-state index contributed by atoms with van der Waals surface area (Å²) >= 11 is 0. The summed E-state index contributed by atoms with van der Waals surface area (Å²) in [6.45, 7) is 5.80. The van der Waals surface area contributed by atoms with Crippen molar-refractivity contribution >= 4 is 11.0 Å². The van der Waals surface area contributed by atoms with Crippen LogP contribution in [0.5, 0.6) is 0 Å². The topological polar surface area (TPSA) is 42.7 Å². The maximum Gasteiger partial charge on any atom is 0.157 e. The molecule has 108 valence electrons. The minimum atomic E-state index is 0.811. The van der Waals surface area contributed by atoms with Crippen LogP contribution < -0.4 is 5.32 Å². The molecule has 4 nitrogen and oxygen atoms in total. The van der Waals surface area contributed by atoms with Crippen molar-refractivity contribution in [3.8, 4) is 0 Å². The van der Waals surface area contributed by atoms with Crippen LogP contribution in [0.4, 0.5) is 0 Å². The second-order valence-corrected chi connectivity index (χ2v) is 5.51. The monoisotopic (exact) mass is 280 g/mol. The van der Waals surface area contributed by atoms with E-state index in [9.17, 15) is 0 Å². The van der Waals surface area contributed by atoms with E-state index in [1.807, 2.05) is 24.9 Å². The van der Waals surface area contributed by atoms with E-state index in [0.29, 0.717) is 0 Å². The predicted molar refractivity (Wildman–Crippen MR) is 85.0 cm³/mol. The molecule has 0 spiro atoms. The smallest absolute Gasteiger partial charge is 0.157 e. The number of pyridine rings is 1. The molecular weight excluding hydrogens is 260 g/mol. The normalized spacial score (nSPS) is 11.2. The molecule has 1 N–H and O–H groups in total. The summed E-state index contributed by atoms with van der Waals surface area (Å²) in [5.74, 6) is 0. The Balaban J connectivity index is 1.68. The molecule has 0 aliphatic heterocycles. The molecular formula is C17H20N4. The largest absolute Gasteiger partial charge is 0.309 e. The van der Waals surface area contributed by atoms with E-state index in [1.54, 1.807) is 0 Å². The zero-order valence-corrected chi connectivity index (χ0v) is 12.7. The van der Waals surface area contributed by atoms with Crippen molar-refractivity contribution in [2.45, 2.75) is 26.9 Å². The summed E-state index contributed by atoms with van der Waals surface area (Å²) in [6, 6.07) is 10.8. The zero-order valence-electron chi connectivity index (χ0n) is 12.7. The quantitative estimate of drug-likeness (QED) is 0.799. The molecule has 0 atom stereocenters. The van der Waals surface area contributed by atoms with Crippen LogP contribution in [0.15, 0.2) is 36.5 Å². The van der Waals surface area contributed by atoms with Gasteiger partial charge in [-0.2, -0.15) is 5.10 Å². The van der Waals surface area contributed by atoms with Gasteiger partial charge in [0.1, 0.15) is 0 Å². The van der Waals surface area contributed by atoms with E-state index < -0.39 is 0 Å². The first-order valence-corrected chi connectivity index (χ1v) is 7.18. The number of aromatic nitrogens is 3. The van der Waals surface area contributed by atoms with Gasteiger partial charge in [0, 0.05) is 31.7 Å². The molecule has 2 heterocycles. The van der Waals surface area contributed by atoms with Gasteiger partial charge in [0.2, 0.25) is 0 Å². The maximum absolute atomic E-state index is 4.50. The SMILES string of the molecule is Cc1ccc(CNCc2cnc3c(c2)c(C)nn3C)cc1. The summed E-state index contributed by atoms with van der Waals surface area (Å²) in [4.78, 5) is 4.50. The van der Waals surface area contributed by atoms with Crippen LogP contribution in [-0.2, 0) is 20.1 Å². The lowest BCUT2D eigenvalue weighted by atomic mass is 10.1. The molecule has 0 amide bonds. The molecule has 3 rings (SSSR count). The van der Waals surface area contributed by atoms with Crippen LogP contribution in [0.3, 0.4) is 0 Å². The van der Waals surface area contributed by atoms with Gasteiger partial charge in [-0.3, -0.25) is 4.68 Å². The van der Waals surface area contributed by atoms with Gasteiger partial charge < -0.3 is 5.32 Å². The molecule has 0 saturated heterocycles. The average molecular weight is 280 g/mol. The fraction of sp³-hybridized carbons (Fsp3) is 0.294. The molecule has 0 aliphatic carbocycles. The third kappa shape index (κ3) is 2.95. The number of benzene rings is 1. The molecule has 0 unspecified atom stereocenters. The molecule has 21 heavy (non-hydrogen) atoms. The first kappa shape index (κ1) is 13.8. The van der Waals surface area contributed by atoms with Crippen molar-refractivity contribution in [1.82, 2.24) is 20.1 Å². The van der Waals surface area contributed by atoms with Gasteiger partial charge in [-0.1, -0.05) is 29.8 Å². The van der Waals surface area contributed by atoms with E-state index in [4.69, 9.17) is 0 Å². The highest BCUT2D eigenvalue weighted by Gasteiger charge is 2.06. The molecule has 0 bridgehead atoms. The third-order valence-corrected chi connectivity index (χ3v) is 3.70. The lowest BCUT2D eigenvalue weighted by Crippen LogP contribution is -2.12. The van der Waals surface area contributed by atoms with Crippen molar-refractivity contribution in [2.75, 3.05) is 0 Å². The van der Waals surface area contributed by atoms with E-state index in [0.717, 1.165) is 29.8 Å². The fourth-order valence-corrected chi connectivity index (χ4v) is 2.50. The van der Waals surface area contributed by atoms with Gasteiger partial charge in [0.15, 0.2) is 5.65 Å². The Bertz CT molecular complexity index is 756. The van der Waals surface area contributed by atoms with Crippen LogP contribution in [0.25, 0.3) is 11.0 Å². The summed E-state index contributed by atoms with van der Waals surface area (Å²) in [7, 11) is 1.93. The molecule has 0 aliphatic rings. The Morgan fingerprint density at radius 2 is 1.76 bits per heavy atom. The van der Waals surface area contributed by atoms with E-state index in [2.05, 4.69) is 52.7 Å². The van der Waals surface area contributed by atoms with Crippen molar-refractivity contribution in [2.24, 2.45) is 7.05 Å². The Kier molecular flexibility index (Phi) is 3.71. The predicted octanol–water partition coefficient (Wildman–Crippen LogP) is 2.87. The van der Waals surface area contributed by atoms with Gasteiger partial charge in [-0.15, -0.1) is 0 Å². The minimum absolute atomic E-state index is 0.811. The zero-order chi connectivity index (χ0) is 14.8. The van der Waals surface area contributed by atoms with Gasteiger partial charge in [0.05, 0.1) is 5.69 Å². The van der Waals surface area contributed by atoms with Crippen molar-refractivity contribution in [1.29, 1.82) is 0 Å². The summed E-state index contributed by atoms with van der Waals surface area (Å²) in [5, 5.41) is 8.99. The lowest BCUT2D eigenvalue weighted by Gasteiger charge is -2.06. The van der Waals surface area contributed by atoms with E-state index in [-0.39, 0.29) is 0 Å². The molecule has 2 aromatic heterocycles. The van der Waals surface area contributed by atoms with Crippen molar-refractivity contribution in [3.63, 3.8) is 0 Å². The van der Waals surface area contributed by atoms with E-state index in [1.165, 1.54) is 16.7 Å². The highest BCUT2D eigenvalue weighted by molar-refractivity contribution is 5.78. The molecule has 0 radical (unpaired) electrons. The number of hydrogen-bond acceptors (Lipinski definition) is 3. The first-order valence-electron chi connectivity index (χ1n) is 7.18. The van der Waals surface area contributed by atoms with E-state index >= 15 is 0 Å². The maximum atomic E-state index is 4.50. The second-order valence-electron chi connectivity index (χ2n) is 5.51. The number of aryl methyl sites for hydroxylation is 3. The molecule has 0 fully saturated rings. The number of fused-ring (bicyclic) bond motifs is 1. The fourth-order valence-electron chi connectivity index (χ4n) is 2.50. The van der Waals surface area contributed by atoms with Gasteiger partial charge in [-0.05, 0) is 31.0 Å². The molecule has 0 saturated carbocycles. The summed E-state index contributed by atoms with van der Waals surface area (Å²) < 4.78 is 1.83. The van der Waals surface area contributed by atoms with Crippen LogP contribution in [0.2, 0.25) is 0 Å². The average Bonchev–Trinajstić information content (AvgIpc) is 2.76. The Morgan fingerprint density at radius 3 is 2.52 bits per heavy atom. The van der Waals surface area contributed by atoms with Crippen LogP contribution in [-0.4, -0.2) is 14.8 Å². The Labute approximate surface area is 124 Å². The van der Waals surface area contributed by atoms with Gasteiger partial charge in [0.25, 0.3) is 0 Å². The third-order valence-electron chi connectivity index (χ3n) is 3.70. The Morgan fingerprint density at radius 1 is 1.05 bits per heavy atom. The standard InChI is InChI=1S/C17H20N4/c1-12-4-6-14(7-5-12)9-18-10-15-8-16-13(2)20-21(3)17(16)19-11-15/h4-8,11,18H,9-10H2,1-3H3. The summed E-state index contributed by atoms with van der Waals surface area (Å²) in [6.07, 6.45) is 1.92. The molecule has 1 aromatic carbocycles. The first-order chi connectivity index (χ1) is 10.1. The van der Waals surface area contributed by atoms with Crippen LogP contribution in [0.1, 0.15) is 22.4 Å². The second kappa shape index (κ2) is 5.66.